The summed E-state index contributed by atoms with van der Waals surface area (Å²) in [6, 6.07) is 1.90. The minimum atomic E-state index is 0.271. The molecular weight excluding hydrogens is 222 g/mol. The number of hydrogen-bond donors (Lipinski definition) is 3. The van der Waals surface area contributed by atoms with Gasteiger partial charge < -0.3 is 16.2 Å². The van der Waals surface area contributed by atoms with Crippen molar-refractivity contribution >= 4 is 23.3 Å². The molecule has 1 aromatic heterocycles. The summed E-state index contributed by atoms with van der Waals surface area (Å²) in [5.74, 6) is 2.76. The molecule has 4 N–H and O–H groups in total. The number of rotatable bonds is 7. The zero-order valence-corrected chi connectivity index (χ0v) is 10.4. The first kappa shape index (κ1) is 13.1. The Bertz CT molecular complexity index is 320. The highest BCUT2D eigenvalue weighted by Gasteiger charge is 2.01. The second-order valence-corrected chi connectivity index (χ2v) is 4.73. The fraction of sp³-hybridized carbons (Fsp3) is 0.545. The maximum Gasteiger partial charge on any atom is 0.149 e. The highest BCUT2D eigenvalue weighted by atomic mass is 32.2. The van der Waals surface area contributed by atoms with Crippen LogP contribution in [0.4, 0.5) is 11.5 Å². The van der Waals surface area contributed by atoms with Crippen molar-refractivity contribution in [2.75, 3.05) is 35.7 Å². The Morgan fingerprint density at radius 1 is 1.50 bits per heavy atom. The molecule has 0 atom stereocenters. The molecule has 0 bridgehead atoms. The van der Waals surface area contributed by atoms with Gasteiger partial charge in [0.25, 0.3) is 0 Å². The second kappa shape index (κ2) is 7.35. The van der Waals surface area contributed by atoms with E-state index in [1.807, 2.05) is 24.8 Å². The lowest BCUT2D eigenvalue weighted by atomic mass is 10.2. The molecule has 0 aromatic carbocycles. The Hall–Kier alpha value is -0.940. The van der Waals surface area contributed by atoms with Gasteiger partial charge in [0, 0.05) is 25.1 Å². The first-order chi connectivity index (χ1) is 7.75. The molecule has 0 saturated heterocycles. The number of nitrogen functional groups attached to an aromatic ring is 1. The standard InChI is InChI=1S/C11H19N3OS/c1-9-3-4-13-11(10(9)12)14-5-8-16-7-2-6-15/h3-4,15H,2,5-8,12H2,1H3,(H,13,14). The van der Waals surface area contributed by atoms with E-state index in [1.165, 1.54) is 0 Å². The summed E-state index contributed by atoms with van der Waals surface area (Å²) in [4.78, 5) is 4.19. The predicted octanol–water partition coefficient (Wildman–Crippen LogP) is 1.50. The molecule has 1 aromatic rings. The summed E-state index contributed by atoms with van der Waals surface area (Å²) in [6.45, 7) is 3.09. The van der Waals surface area contributed by atoms with Gasteiger partial charge in [-0.2, -0.15) is 11.8 Å². The van der Waals surface area contributed by atoms with Crippen LogP contribution in [-0.2, 0) is 0 Å². The van der Waals surface area contributed by atoms with E-state index in [1.54, 1.807) is 6.20 Å². The molecular formula is C11H19N3OS. The number of nitrogens with zero attached hydrogens (tertiary/aromatic N) is 1. The topological polar surface area (TPSA) is 71.2 Å². The summed E-state index contributed by atoms with van der Waals surface area (Å²) in [5, 5.41) is 11.8. The van der Waals surface area contributed by atoms with E-state index < -0.39 is 0 Å². The Kier molecular flexibility index (Phi) is 6.03. The Labute approximate surface area is 101 Å². The maximum atomic E-state index is 8.61. The molecule has 0 radical (unpaired) electrons. The molecule has 0 aliphatic rings. The van der Waals surface area contributed by atoms with Gasteiger partial charge in [0.05, 0.1) is 5.69 Å². The number of pyridine rings is 1. The molecule has 0 unspecified atom stereocenters. The van der Waals surface area contributed by atoms with Crippen LogP contribution in [0, 0.1) is 6.92 Å². The third kappa shape index (κ3) is 4.28. The minimum absolute atomic E-state index is 0.271. The van der Waals surface area contributed by atoms with E-state index in [0.29, 0.717) is 0 Å². The van der Waals surface area contributed by atoms with Gasteiger partial charge in [0.1, 0.15) is 5.82 Å². The van der Waals surface area contributed by atoms with Crippen LogP contribution in [0.3, 0.4) is 0 Å². The fourth-order valence-corrected chi connectivity index (χ4v) is 2.00. The van der Waals surface area contributed by atoms with Gasteiger partial charge in [-0.3, -0.25) is 0 Å². The first-order valence-electron chi connectivity index (χ1n) is 5.39. The molecule has 16 heavy (non-hydrogen) atoms. The SMILES string of the molecule is Cc1ccnc(NCCSCCCO)c1N. The van der Waals surface area contributed by atoms with Crippen molar-refractivity contribution in [3.8, 4) is 0 Å². The molecule has 0 aliphatic heterocycles. The highest BCUT2D eigenvalue weighted by Crippen LogP contribution is 2.18. The van der Waals surface area contributed by atoms with Crippen molar-refractivity contribution in [1.29, 1.82) is 0 Å². The van der Waals surface area contributed by atoms with Crippen LogP contribution in [0.2, 0.25) is 0 Å². The number of aliphatic hydroxyl groups is 1. The number of aliphatic hydroxyl groups excluding tert-OH is 1. The minimum Gasteiger partial charge on any atom is -0.396 e. The van der Waals surface area contributed by atoms with Gasteiger partial charge in [0.2, 0.25) is 0 Å². The number of hydrogen-bond acceptors (Lipinski definition) is 5. The average Bonchev–Trinajstić information content (AvgIpc) is 2.29. The van der Waals surface area contributed by atoms with Gasteiger partial charge in [-0.1, -0.05) is 0 Å². The third-order valence-corrected chi connectivity index (χ3v) is 3.26. The monoisotopic (exact) mass is 241 g/mol. The molecule has 4 nitrogen and oxygen atoms in total. The van der Waals surface area contributed by atoms with Gasteiger partial charge in [-0.25, -0.2) is 4.98 Å². The van der Waals surface area contributed by atoms with Crippen molar-refractivity contribution in [1.82, 2.24) is 4.98 Å². The Morgan fingerprint density at radius 3 is 3.06 bits per heavy atom. The lowest BCUT2D eigenvalue weighted by Crippen LogP contribution is -2.09. The summed E-state index contributed by atoms with van der Waals surface area (Å²) < 4.78 is 0. The molecule has 5 heteroatoms. The number of nitrogens with one attached hydrogen (secondary N) is 1. The van der Waals surface area contributed by atoms with Gasteiger partial charge in [0.15, 0.2) is 0 Å². The summed E-state index contributed by atoms with van der Waals surface area (Å²) in [5.41, 5.74) is 7.65. The largest absolute Gasteiger partial charge is 0.396 e. The van der Waals surface area contributed by atoms with Crippen LogP contribution >= 0.6 is 11.8 Å². The van der Waals surface area contributed by atoms with Gasteiger partial charge >= 0.3 is 0 Å². The molecule has 1 heterocycles. The van der Waals surface area contributed by atoms with Crippen molar-refractivity contribution in [2.24, 2.45) is 0 Å². The molecule has 0 aliphatic carbocycles. The van der Waals surface area contributed by atoms with Crippen LogP contribution in [0.1, 0.15) is 12.0 Å². The smallest absolute Gasteiger partial charge is 0.149 e. The molecule has 1 rings (SSSR count). The third-order valence-electron chi connectivity index (χ3n) is 2.19. The lowest BCUT2D eigenvalue weighted by Gasteiger charge is -2.09. The van der Waals surface area contributed by atoms with Crippen molar-refractivity contribution < 1.29 is 5.11 Å². The number of aryl methyl sites for hydroxylation is 1. The van der Waals surface area contributed by atoms with E-state index in [2.05, 4.69) is 10.3 Å². The predicted molar refractivity (Wildman–Crippen MR) is 70.9 cm³/mol. The lowest BCUT2D eigenvalue weighted by molar-refractivity contribution is 0.296. The highest BCUT2D eigenvalue weighted by molar-refractivity contribution is 7.99. The summed E-state index contributed by atoms with van der Waals surface area (Å²) >= 11 is 1.82. The Morgan fingerprint density at radius 2 is 2.31 bits per heavy atom. The van der Waals surface area contributed by atoms with Gasteiger partial charge in [-0.05, 0) is 30.7 Å². The van der Waals surface area contributed by atoms with Crippen LogP contribution in [0.5, 0.6) is 0 Å². The van der Waals surface area contributed by atoms with Crippen molar-refractivity contribution in [3.05, 3.63) is 17.8 Å². The Balaban J connectivity index is 2.24. The zero-order chi connectivity index (χ0) is 11.8. The second-order valence-electron chi connectivity index (χ2n) is 3.51. The summed E-state index contributed by atoms with van der Waals surface area (Å²) in [6.07, 6.45) is 2.61. The first-order valence-corrected chi connectivity index (χ1v) is 6.54. The van der Waals surface area contributed by atoms with Crippen LogP contribution in [0.15, 0.2) is 12.3 Å². The van der Waals surface area contributed by atoms with E-state index >= 15 is 0 Å². The number of nitrogens with two attached hydrogens (primary N) is 1. The van der Waals surface area contributed by atoms with Gasteiger partial charge in [-0.15, -0.1) is 0 Å². The molecule has 90 valence electrons. The van der Waals surface area contributed by atoms with Crippen LogP contribution < -0.4 is 11.1 Å². The zero-order valence-electron chi connectivity index (χ0n) is 9.57. The van der Waals surface area contributed by atoms with Crippen molar-refractivity contribution in [2.45, 2.75) is 13.3 Å². The molecule has 0 amide bonds. The molecule has 0 saturated carbocycles. The summed E-state index contributed by atoms with van der Waals surface area (Å²) in [7, 11) is 0. The fourth-order valence-electron chi connectivity index (χ4n) is 1.22. The number of anilines is 2. The maximum absolute atomic E-state index is 8.61. The quantitative estimate of drug-likeness (QED) is 0.631. The molecule has 0 fully saturated rings. The van der Waals surface area contributed by atoms with E-state index in [4.69, 9.17) is 10.8 Å². The van der Waals surface area contributed by atoms with Crippen molar-refractivity contribution in [3.63, 3.8) is 0 Å². The van der Waals surface area contributed by atoms with Crippen LogP contribution in [0.25, 0.3) is 0 Å². The van der Waals surface area contributed by atoms with E-state index in [-0.39, 0.29) is 6.61 Å². The average molecular weight is 241 g/mol. The number of aromatic nitrogens is 1. The molecule has 0 spiro atoms. The van der Waals surface area contributed by atoms with E-state index in [0.717, 1.165) is 41.5 Å². The normalized spacial score (nSPS) is 10.4. The number of thioether (sulfide) groups is 1. The van der Waals surface area contributed by atoms with E-state index in [9.17, 15) is 0 Å². The van der Waals surface area contributed by atoms with Crippen LogP contribution in [-0.4, -0.2) is 34.7 Å².